The van der Waals surface area contributed by atoms with Crippen molar-refractivity contribution in [3.63, 3.8) is 0 Å². The van der Waals surface area contributed by atoms with Crippen molar-refractivity contribution in [2.45, 2.75) is 44.1 Å². The molecule has 0 atom stereocenters. The maximum atomic E-state index is 12.2. The molecule has 0 unspecified atom stereocenters. The SMILES string of the molecule is N#CC1(NC(=O)c2cccc(Br)n2)CCCCCC1. The van der Waals surface area contributed by atoms with Crippen molar-refractivity contribution in [3.8, 4) is 6.07 Å². The van der Waals surface area contributed by atoms with Gasteiger partial charge >= 0.3 is 0 Å². The summed E-state index contributed by atoms with van der Waals surface area (Å²) in [6, 6.07) is 7.48. The lowest BCUT2D eigenvalue weighted by Crippen LogP contribution is -2.47. The second-order valence-electron chi connectivity index (χ2n) is 4.91. The van der Waals surface area contributed by atoms with Crippen molar-refractivity contribution in [1.82, 2.24) is 10.3 Å². The van der Waals surface area contributed by atoms with E-state index < -0.39 is 5.54 Å². The van der Waals surface area contributed by atoms with Crippen molar-refractivity contribution in [1.29, 1.82) is 5.26 Å². The zero-order valence-corrected chi connectivity index (χ0v) is 12.2. The summed E-state index contributed by atoms with van der Waals surface area (Å²) in [5.41, 5.74) is -0.384. The minimum Gasteiger partial charge on any atom is -0.332 e. The first-order valence-corrected chi connectivity index (χ1v) is 7.31. The van der Waals surface area contributed by atoms with E-state index in [4.69, 9.17) is 0 Å². The number of hydrogen-bond donors (Lipinski definition) is 1. The van der Waals surface area contributed by atoms with Crippen LogP contribution in [0.5, 0.6) is 0 Å². The molecule has 1 amide bonds. The number of rotatable bonds is 2. The summed E-state index contributed by atoms with van der Waals surface area (Å²) in [5.74, 6) is -0.273. The van der Waals surface area contributed by atoms with Crippen molar-refractivity contribution in [2.75, 3.05) is 0 Å². The molecule has 1 fully saturated rings. The molecule has 1 aromatic rings. The summed E-state index contributed by atoms with van der Waals surface area (Å²) >= 11 is 3.24. The van der Waals surface area contributed by atoms with Crippen molar-refractivity contribution < 1.29 is 4.79 Å². The maximum Gasteiger partial charge on any atom is 0.271 e. The van der Waals surface area contributed by atoms with E-state index in [9.17, 15) is 10.1 Å². The quantitative estimate of drug-likeness (QED) is 0.672. The molecule has 5 heteroatoms. The number of nitriles is 1. The molecular formula is C14H16BrN3O. The third-order valence-electron chi connectivity index (χ3n) is 3.47. The van der Waals surface area contributed by atoms with Crippen LogP contribution in [0.25, 0.3) is 0 Å². The van der Waals surface area contributed by atoms with E-state index in [0.29, 0.717) is 10.3 Å². The largest absolute Gasteiger partial charge is 0.332 e. The van der Waals surface area contributed by atoms with Crippen LogP contribution in [-0.2, 0) is 0 Å². The minimum atomic E-state index is -0.725. The number of aromatic nitrogens is 1. The fraction of sp³-hybridized carbons (Fsp3) is 0.500. The number of halogens is 1. The molecule has 0 bridgehead atoms. The highest BCUT2D eigenvalue weighted by Gasteiger charge is 2.33. The van der Waals surface area contributed by atoms with Gasteiger partial charge in [0.2, 0.25) is 0 Å². The molecule has 0 spiro atoms. The molecule has 1 aliphatic rings. The third-order valence-corrected chi connectivity index (χ3v) is 3.91. The molecule has 0 aliphatic heterocycles. The molecule has 0 saturated heterocycles. The van der Waals surface area contributed by atoms with E-state index in [-0.39, 0.29) is 5.91 Å². The van der Waals surface area contributed by atoms with Gasteiger partial charge in [0.25, 0.3) is 5.91 Å². The molecule has 0 radical (unpaired) electrons. The van der Waals surface area contributed by atoms with Crippen molar-refractivity contribution >= 4 is 21.8 Å². The molecule has 1 heterocycles. The summed E-state index contributed by atoms with van der Waals surface area (Å²) in [4.78, 5) is 16.3. The molecular weight excluding hydrogens is 306 g/mol. The van der Waals surface area contributed by atoms with E-state index in [1.807, 2.05) is 0 Å². The van der Waals surface area contributed by atoms with Crippen LogP contribution in [0.4, 0.5) is 0 Å². The first-order valence-electron chi connectivity index (χ1n) is 6.52. The first kappa shape index (κ1) is 14.0. The Bertz CT molecular complexity index is 502. The number of carbonyl (C=O) groups is 1. The van der Waals surface area contributed by atoms with Crippen LogP contribution in [0.15, 0.2) is 22.8 Å². The molecule has 1 N–H and O–H groups in total. The Kier molecular flexibility index (Phi) is 4.54. The average molecular weight is 322 g/mol. The molecule has 1 aromatic heterocycles. The van der Waals surface area contributed by atoms with E-state index in [1.54, 1.807) is 18.2 Å². The summed E-state index contributed by atoms with van der Waals surface area (Å²) in [5, 5.41) is 12.3. The fourth-order valence-corrected chi connectivity index (χ4v) is 2.76. The lowest BCUT2D eigenvalue weighted by molar-refractivity contribution is 0.0907. The van der Waals surface area contributed by atoms with Crippen molar-refractivity contribution in [3.05, 3.63) is 28.5 Å². The van der Waals surface area contributed by atoms with E-state index in [2.05, 4.69) is 32.3 Å². The van der Waals surface area contributed by atoms with Crippen molar-refractivity contribution in [2.24, 2.45) is 0 Å². The summed E-state index contributed by atoms with van der Waals surface area (Å²) in [6.45, 7) is 0. The second kappa shape index (κ2) is 6.16. The van der Waals surface area contributed by atoms with Gasteiger partial charge in [0.05, 0.1) is 6.07 Å². The second-order valence-corrected chi connectivity index (χ2v) is 5.72. The van der Waals surface area contributed by atoms with Crippen LogP contribution in [0.1, 0.15) is 49.0 Å². The lowest BCUT2D eigenvalue weighted by atomic mass is 9.91. The lowest BCUT2D eigenvalue weighted by Gasteiger charge is -2.26. The van der Waals surface area contributed by atoms with Crippen LogP contribution in [0, 0.1) is 11.3 Å². The number of hydrogen-bond acceptors (Lipinski definition) is 3. The predicted molar refractivity (Wildman–Crippen MR) is 75.4 cm³/mol. The van der Waals surface area contributed by atoms with Gasteiger partial charge in [-0.05, 0) is 40.9 Å². The Labute approximate surface area is 121 Å². The zero-order chi connectivity index (χ0) is 13.7. The summed E-state index contributed by atoms with van der Waals surface area (Å²) in [6.07, 6.45) is 5.69. The van der Waals surface area contributed by atoms with Gasteiger partial charge in [-0.15, -0.1) is 0 Å². The average Bonchev–Trinajstić information content (AvgIpc) is 2.65. The van der Waals surface area contributed by atoms with Gasteiger partial charge in [-0.2, -0.15) is 5.26 Å². The van der Waals surface area contributed by atoms with E-state index >= 15 is 0 Å². The molecule has 100 valence electrons. The minimum absolute atomic E-state index is 0.273. The van der Waals surface area contributed by atoms with Crippen LogP contribution in [0.3, 0.4) is 0 Å². The third kappa shape index (κ3) is 3.54. The molecule has 0 aromatic carbocycles. The van der Waals surface area contributed by atoms with Gasteiger partial charge in [0.15, 0.2) is 0 Å². The molecule has 2 rings (SSSR count). The standard InChI is InChI=1S/C14H16BrN3O/c15-12-7-5-6-11(17-12)13(19)18-14(10-16)8-3-1-2-4-9-14/h5-7H,1-4,8-9H2,(H,18,19). The zero-order valence-electron chi connectivity index (χ0n) is 10.7. The van der Waals surface area contributed by atoms with Gasteiger partial charge < -0.3 is 5.32 Å². The topological polar surface area (TPSA) is 65.8 Å². The predicted octanol–water partition coefficient (Wildman–Crippen LogP) is 3.19. The fourth-order valence-electron chi connectivity index (χ4n) is 2.41. The maximum absolute atomic E-state index is 12.2. The van der Waals surface area contributed by atoms with Gasteiger partial charge in [0, 0.05) is 0 Å². The first-order chi connectivity index (χ1) is 9.15. The van der Waals surface area contributed by atoms with E-state index in [1.165, 1.54) is 0 Å². The molecule has 4 nitrogen and oxygen atoms in total. The Hall–Kier alpha value is -1.41. The highest BCUT2D eigenvalue weighted by molar-refractivity contribution is 9.10. The highest BCUT2D eigenvalue weighted by Crippen LogP contribution is 2.26. The number of nitrogens with zero attached hydrogens (tertiary/aromatic N) is 2. The molecule has 19 heavy (non-hydrogen) atoms. The summed E-state index contributed by atoms with van der Waals surface area (Å²) in [7, 11) is 0. The van der Waals surface area contributed by atoms with Crippen LogP contribution in [0.2, 0.25) is 0 Å². The number of carbonyl (C=O) groups excluding carboxylic acids is 1. The smallest absolute Gasteiger partial charge is 0.271 e. The van der Waals surface area contributed by atoms with Gasteiger partial charge in [-0.3, -0.25) is 4.79 Å². The van der Waals surface area contributed by atoms with Gasteiger partial charge in [-0.1, -0.05) is 31.7 Å². The van der Waals surface area contributed by atoms with Crippen LogP contribution >= 0.6 is 15.9 Å². The van der Waals surface area contributed by atoms with Gasteiger partial charge in [0.1, 0.15) is 15.8 Å². The Morgan fingerprint density at radius 3 is 2.58 bits per heavy atom. The Morgan fingerprint density at radius 2 is 2.00 bits per heavy atom. The van der Waals surface area contributed by atoms with Crippen LogP contribution < -0.4 is 5.32 Å². The number of amides is 1. The van der Waals surface area contributed by atoms with Gasteiger partial charge in [-0.25, -0.2) is 4.98 Å². The molecule has 1 aliphatic carbocycles. The van der Waals surface area contributed by atoms with Crippen LogP contribution in [-0.4, -0.2) is 16.4 Å². The monoisotopic (exact) mass is 321 g/mol. The summed E-state index contributed by atoms with van der Waals surface area (Å²) < 4.78 is 0.618. The number of pyridine rings is 1. The Morgan fingerprint density at radius 1 is 1.32 bits per heavy atom. The Balaban J connectivity index is 2.14. The normalized spacial score (nSPS) is 18.1. The molecule has 1 saturated carbocycles. The van der Waals surface area contributed by atoms with E-state index in [0.717, 1.165) is 38.5 Å². The highest BCUT2D eigenvalue weighted by atomic mass is 79.9. The number of nitrogens with one attached hydrogen (secondary N) is 1.